The minimum Gasteiger partial charge on any atom is -0.467 e. The Kier molecular flexibility index (Phi) is 4.69. The van der Waals surface area contributed by atoms with E-state index in [2.05, 4.69) is 15.6 Å². The van der Waals surface area contributed by atoms with Crippen molar-refractivity contribution in [1.29, 1.82) is 0 Å². The third kappa shape index (κ3) is 4.20. The molecule has 1 aromatic carbocycles. The number of pyridine rings is 1. The second-order valence-electron chi connectivity index (χ2n) is 5.06. The molecule has 0 radical (unpaired) electrons. The molecule has 1 amide bonds. The van der Waals surface area contributed by atoms with Gasteiger partial charge in [-0.2, -0.15) is 0 Å². The molecule has 0 unspecified atom stereocenters. The van der Waals surface area contributed by atoms with Crippen molar-refractivity contribution in [2.24, 2.45) is 0 Å². The summed E-state index contributed by atoms with van der Waals surface area (Å²) in [5.41, 5.74) is 2.35. The van der Waals surface area contributed by atoms with Gasteiger partial charge in [0, 0.05) is 18.9 Å². The maximum absolute atomic E-state index is 12.2. The molecule has 5 nitrogen and oxygen atoms in total. The quantitative estimate of drug-likeness (QED) is 0.734. The molecule has 0 spiro atoms. The molecule has 0 aliphatic rings. The number of nitrogens with zero attached hydrogens (tertiary/aromatic N) is 1. The topological polar surface area (TPSA) is 67.2 Å². The number of carbonyl (C=O) groups excluding carboxylic acids is 1. The molecule has 0 atom stereocenters. The minimum absolute atomic E-state index is 0.150. The molecular weight excluding hydrogens is 290 g/mol. The van der Waals surface area contributed by atoms with Crippen molar-refractivity contribution in [3.8, 4) is 0 Å². The molecule has 3 rings (SSSR count). The van der Waals surface area contributed by atoms with Gasteiger partial charge in [-0.25, -0.2) is 0 Å². The van der Waals surface area contributed by atoms with Crippen molar-refractivity contribution >= 4 is 11.6 Å². The number of benzene rings is 1. The lowest BCUT2D eigenvalue weighted by Crippen LogP contribution is -2.23. The second-order valence-corrected chi connectivity index (χ2v) is 5.06. The Hall–Kier alpha value is -3.08. The molecule has 2 heterocycles. The van der Waals surface area contributed by atoms with Crippen LogP contribution in [0.3, 0.4) is 0 Å². The Labute approximate surface area is 134 Å². The van der Waals surface area contributed by atoms with Crippen LogP contribution < -0.4 is 10.6 Å². The molecule has 0 fully saturated rings. The summed E-state index contributed by atoms with van der Waals surface area (Å²) in [5.74, 6) is 0.673. The number of carbonyl (C=O) groups is 1. The van der Waals surface area contributed by atoms with Crippen LogP contribution in [0.25, 0.3) is 0 Å². The zero-order valence-electron chi connectivity index (χ0n) is 12.5. The molecule has 0 bridgehead atoms. The molecule has 3 aromatic rings. The third-order valence-electron chi connectivity index (χ3n) is 3.34. The largest absolute Gasteiger partial charge is 0.467 e. The molecule has 0 aliphatic carbocycles. The van der Waals surface area contributed by atoms with E-state index in [0.29, 0.717) is 18.7 Å². The van der Waals surface area contributed by atoms with E-state index in [9.17, 15) is 4.79 Å². The zero-order valence-corrected chi connectivity index (χ0v) is 12.5. The first-order chi connectivity index (χ1) is 11.3. The van der Waals surface area contributed by atoms with Crippen LogP contribution in [-0.4, -0.2) is 10.9 Å². The van der Waals surface area contributed by atoms with Gasteiger partial charge < -0.3 is 15.1 Å². The standard InChI is InChI=1S/C18H17N3O2/c22-18(21-10-14-5-2-1-3-6-14)15-9-16(12-19-11-15)20-13-17-7-4-8-23-17/h1-9,11-12,20H,10,13H2,(H,21,22). The van der Waals surface area contributed by atoms with E-state index >= 15 is 0 Å². The van der Waals surface area contributed by atoms with E-state index in [1.807, 2.05) is 42.5 Å². The number of nitrogens with one attached hydrogen (secondary N) is 2. The average Bonchev–Trinajstić information content (AvgIpc) is 3.12. The van der Waals surface area contributed by atoms with E-state index in [1.165, 1.54) is 0 Å². The molecule has 116 valence electrons. The predicted molar refractivity (Wildman–Crippen MR) is 87.9 cm³/mol. The van der Waals surface area contributed by atoms with Crippen LogP contribution in [0.5, 0.6) is 0 Å². The Morgan fingerprint density at radius 2 is 1.91 bits per heavy atom. The molecule has 2 aromatic heterocycles. The number of amides is 1. The fourth-order valence-electron chi connectivity index (χ4n) is 2.14. The van der Waals surface area contributed by atoms with Gasteiger partial charge in [-0.3, -0.25) is 9.78 Å². The monoisotopic (exact) mass is 307 g/mol. The van der Waals surface area contributed by atoms with Crippen molar-refractivity contribution in [1.82, 2.24) is 10.3 Å². The Bertz CT molecular complexity index is 755. The fraction of sp³-hybridized carbons (Fsp3) is 0.111. The smallest absolute Gasteiger partial charge is 0.253 e. The van der Waals surface area contributed by atoms with Crippen LogP contribution in [0.1, 0.15) is 21.7 Å². The maximum atomic E-state index is 12.2. The van der Waals surface area contributed by atoms with Gasteiger partial charge in [0.25, 0.3) is 5.91 Å². The molecule has 0 aliphatic heterocycles. The summed E-state index contributed by atoms with van der Waals surface area (Å²) < 4.78 is 5.26. The van der Waals surface area contributed by atoms with Crippen molar-refractivity contribution in [2.75, 3.05) is 5.32 Å². The highest BCUT2D eigenvalue weighted by atomic mass is 16.3. The highest BCUT2D eigenvalue weighted by molar-refractivity contribution is 5.94. The van der Waals surface area contributed by atoms with Crippen molar-refractivity contribution in [3.05, 3.63) is 84.1 Å². The Balaban J connectivity index is 1.58. The highest BCUT2D eigenvalue weighted by Crippen LogP contribution is 2.11. The lowest BCUT2D eigenvalue weighted by Gasteiger charge is -2.08. The van der Waals surface area contributed by atoms with Crippen molar-refractivity contribution < 1.29 is 9.21 Å². The normalized spacial score (nSPS) is 10.3. The first-order valence-corrected chi connectivity index (χ1v) is 7.35. The van der Waals surface area contributed by atoms with Crippen LogP contribution >= 0.6 is 0 Å². The molecule has 5 heteroatoms. The summed E-state index contributed by atoms with van der Waals surface area (Å²) in [6.45, 7) is 1.04. The molecule has 23 heavy (non-hydrogen) atoms. The number of furan rings is 1. The fourth-order valence-corrected chi connectivity index (χ4v) is 2.14. The number of aromatic nitrogens is 1. The predicted octanol–water partition coefficient (Wildman–Crippen LogP) is 3.22. The summed E-state index contributed by atoms with van der Waals surface area (Å²) in [6.07, 6.45) is 4.86. The average molecular weight is 307 g/mol. The SMILES string of the molecule is O=C(NCc1ccccc1)c1cncc(NCc2ccco2)c1. The van der Waals surface area contributed by atoms with E-state index in [4.69, 9.17) is 4.42 Å². The number of rotatable bonds is 6. The summed E-state index contributed by atoms with van der Waals surface area (Å²) in [5, 5.41) is 6.07. The highest BCUT2D eigenvalue weighted by Gasteiger charge is 2.07. The van der Waals surface area contributed by atoms with Crippen molar-refractivity contribution in [2.45, 2.75) is 13.1 Å². The zero-order chi connectivity index (χ0) is 15.9. The van der Waals surface area contributed by atoms with Crippen molar-refractivity contribution in [3.63, 3.8) is 0 Å². The Morgan fingerprint density at radius 1 is 1.04 bits per heavy atom. The number of anilines is 1. The lowest BCUT2D eigenvalue weighted by atomic mass is 10.2. The molecular formula is C18H17N3O2. The molecule has 0 saturated carbocycles. The first-order valence-electron chi connectivity index (χ1n) is 7.35. The van der Waals surface area contributed by atoms with Crippen LogP contribution in [-0.2, 0) is 13.1 Å². The minimum atomic E-state index is -0.150. The van der Waals surface area contributed by atoms with Gasteiger partial charge in [0.2, 0.25) is 0 Å². The summed E-state index contributed by atoms with van der Waals surface area (Å²) in [4.78, 5) is 16.3. The summed E-state index contributed by atoms with van der Waals surface area (Å²) >= 11 is 0. The van der Waals surface area contributed by atoms with Crippen LogP contribution in [0.4, 0.5) is 5.69 Å². The van der Waals surface area contributed by atoms with Gasteiger partial charge in [-0.15, -0.1) is 0 Å². The molecule has 0 saturated heterocycles. The van der Waals surface area contributed by atoms with Crippen LogP contribution in [0.15, 0.2) is 71.6 Å². The first kappa shape index (κ1) is 14.8. The van der Waals surface area contributed by atoms with Crippen LogP contribution in [0, 0.1) is 0 Å². The van der Waals surface area contributed by atoms with Crippen LogP contribution in [0.2, 0.25) is 0 Å². The van der Waals surface area contributed by atoms with E-state index in [1.54, 1.807) is 24.7 Å². The number of hydrogen-bond acceptors (Lipinski definition) is 4. The Morgan fingerprint density at radius 3 is 2.70 bits per heavy atom. The van der Waals surface area contributed by atoms with Gasteiger partial charge in [0.05, 0.1) is 24.1 Å². The molecule has 2 N–H and O–H groups in total. The van der Waals surface area contributed by atoms with Gasteiger partial charge in [0.1, 0.15) is 5.76 Å². The third-order valence-corrected chi connectivity index (χ3v) is 3.34. The van der Waals surface area contributed by atoms with Gasteiger partial charge in [-0.05, 0) is 23.8 Å². The number of hydrogen-bond donors (Lipinski definition) is 2. The van der Waals surface area contributed by atoms with E-state index in [-0.39, 0.29) is 5.91 Å². The van der Waals surface area contributed by atoms with E-state index in [0.717, 1.165) is 17.0 Å². The van der Waals surface area contributed by atoms with Gasteiger partial charge >= 0.3 is 0 Å². The maximum Gasteiger partial charge on any atom is 0.253 e. The second kappa shape index (κ2) is 7.26. The summed E-state index contributed by atoms with van der Waals surface area (Å²) in [6, 6.07) is 15.3. The van der Waals surface area contributed by atoms with Gasteiger partial charge in [0.15, 0.2) is 0 Å². The van der Waals surface area contributed by atoms with E-state index < -0.39 is 0 Å². The van der Waals surface area contributed by atoms with Gasteiger partial charge in [-0.1, -0.05) is 30.3 Å². The lowest BCUT2D eigenvalue weighted by molar-refractivity contribution is 0.0950. The summed E-state index contributed by atoms with van der Waals surface area (Å²) in [7, 11) is 0.